The zero-order valence-electron chi connectivity index (χ0n) is 13.0. The minimum absolute atomic E-state index is 0.154. The van der Waals surface area contributed by atoms with E-state index in [4.69, 9.17) is 9.47 Å². The summed E-state index contributed by atoms with van der Waals surface area (Å²) >= 11 is 0. The lowest BCUT2D eigenvalue weighted by Gasteiger charge is -2.34. The molecule has 0 spiro atoms. The number of nitrogens with zero attached hydrogens (tertiary/aromatic N) is 1. The van der Waals surface area contributed by atoms with Gasteiger partial charge >= 0.3 is 0 Å². The molecule has 1 atom stereocenters. The van der Waals surface area contributed by atoms with Crippen LogP contribution in [0.2, 0.25) is 0 Å². The summed E-state index contributed by atoms with van der Waals surface area (Å²) in [7, 11) is 3.39. The Morgan fingerprint density at radius 1 is 1.30 bits per heavy atom. The van der Waals surface area contributed by atoms with Crippen molar-refractivity contribution in [2.45, 2.75) is 32.2 Å². The Morgan fingerprint density at radius 2 is 2.10 bits per heavy atom. The first-order valence-electron chi connectivity index (χ1n) is 7.34. The second-order valence-corrected chi connectivity index (χ2v) is 5.65. The first-order valence-corrected chi connectivity index (χ1v) is 7.34. The van der Waals surface area contributed by atoms with Crippen molar-refractivity contribution in [1.29, 1.82) is 0 Å². The highest BCUT2D eigenvalue weighted by molar-refractivity contribution is 5.61. The molecule has 1 unspecified atom stereocenters. The molecule has 4 heteroatoms. The zero-order valence-corrected chi connectivity index (χ0v) is 13.0. The molecular weight excluding hydrogens is 252 g/mol. The zero-order chi connectivity index (χ0) is 14.6. The molecule has 2 rings (SSSR count). The fraction of sp³-hybridized carbons (Fsp3) is 0.625. The van der Waals surface area contributed by atoms with Crippen LogP contribution in [0.5, 0.6) is 11.5 Å². The second-order valence-electron chi connectivity index (χ2n) is 5.65. The molecule has 1 aromatic rings. The number of hydrogen-bond acceptors (Lipinski definition) is 4. The summed E-state index contributed by atoms with van der Waals surface area (Å²) in [6, 6.07) is 6.05. The van der Waals surface area contributed by atoms with Crippen molar-refractivity contribution < 1.29 is 9.47 Å². The number of anilines is 1. The van der Waals surface area contributed by atoms with Gasteiger partial charge in [-0.15, -0.1) is 0 Å². The Morgan fingerprint density at radius 3 is 2.75 bits per heavy atom. The second kappa shape index (κ2) is 6.35. The average molecular weight is 278 g/mol. The van der Waals surface area contributed by atoms with E-state index in [9.17, 15) is 0 Å². The summed E-state index contributed by atoms with van der Waals surface area (Å²) in [5.41, 5.74) is 1.30. The molecule has 0 bridgehead atoms. The van der Waals surface area contributed by atoms with Gasteiger partial charge in [0, 0.05) is 24.7 Å². The number of rotatable bonds is 4. The molecule has 0 saturated carbocycles. The molecule has 1 fully saturated rings. The van der Waals surface area contributed by atoms with E-state index in [-0.39, 0.29) is 5.54 Å². The van der Waals surface area contributed by atoms with Crippen molar-refractivity contribution in [3.05, 3.63) is 18.2 Å². The van der Waals surface area contributed by atoms with Gasteiger partial charge in [0.1, 0.15) is 11.5 Å². The molecule has 0 radical (unpaired) electrons. The summed E-state index contributed by atoms with van der Waals surface area (Å²) < 4.78 is 10.8. The fourth-order valence-electron chi connectivity index (χ4n) is 2.70. The van der Waals surface area contributed by atoms with Crippen LogP contribution in [0.15, 0.2) is 18.2 Å². The van der Waals surface area contributed by atoms with Crippen LogP contribution in [0, 0.1) is 0 Å². The van der Waals surface area contributed by atoms with Gasteiger partial charge in [0.15, 0.2) is 0 Å². The third kappa shape index (κ3) is 3.18. The largest absolute Gasteiger partial charge is 0.497 e. The van der Waals surface area contributed by atoms with E-state index in [0.717, 1.165) is 49.7 Å². The fourth-order valence-corrected chi connectivity index (χ4v) is 2.70. The maximum absolute atomic E-state index is 5.54. The van der Waals surface area contributed by atoms with Gasteiger partial charge in [0.2, 0.25) is 0 Å². The highest BCUT2D eigenvalue weighted by Gasteiger charge is 2.28. The summed E-state index contributed by atoms with van der Waals surface area (Å²) in [5, 5.41) is 3.66. The van der Waals surface area contributed by atoms with Crippen molar-refractivity contribution in [2.75, 3.05) is 38.8 Å². The number of nitrogens with one attached hydrogen (secondary N) is 1. The van der Waals surface area contributed by atoms with Crippen LogP contribution in [0.1, 0.15) is 26.7 Å². The lowest BCUT2D eigenvalue weighted by molar-refractivity contribution is 0.363. The Labute approximate surface area is 122 Å². The number of hydrogen-bond donors (Lipinski definition) is 1. The SMILES string of the molecule is CCC1(C)CN(c2ccc(OC)cc2OC)CCCN1. The smallest absolute Gasteiger partial charge is 0.145 e. The van der Waals surface area contributed by atoms with Crippen LogP contribution in [-0.4, -0.2) is 39.4 Å². The molecule has 20 heavy (non-hydrogen) atoms. The quantitative estimate of drug-likeness (QED) is 0.918. The maximum atomic E-state index is 5.54. The summed E-state index contributed by atoms with van der Waals surface area (Å²) in [6.07, 6.45) is 2.26. The van der Waals surface area contributed by atoms with Crippen molar-refractivity contribution in [2.24, 2.45) is 0 Å². The molecule has 1 aliphatic heterocycles. The predicted molar refractivity (Wildman–Crippen MR) is 83.1 cm³/mol. The number of benzene rings is 1. The van der Waals surface area contributed by atoms with Crippen LogP contribution in [0.3, 0.4) is 0 Å². The monoisotopic (exact) mass is 278 g/mol. The molecule has 1 heterocycles. The van der Waals surface area contributed by atoms with E-state index in [0.29, 0.717) is 0 Å². The summed E-state index contributed by atoms with van der Waals surface area (Å²) in [4.78, 5) is 2.42. The molecule has 1 saturated heterocycles. The first kappa shape index (κ1) is 15.0. The van der Waals surface area contributed by atoms with E-state index in [2.05, 4.69) is 30.1 Å². The van der Waals surface area contributed by atoms with Gasteiger partial charge < -0.3 is 19.7 Å². The molecule has 1 N–H and O–H groups in total. The van der Waals surface area contributed by atoms with E-state index < -0.39 is 0 Å². The molecule has 0 amide bonds. The van der Waals surface area contributed by atoms with E-state index in [1.807, 2.05) is 12.1 Å². The third-order valence-electron chi connectivity index (χ3n) is 4.20. The van der Waals surface area contributed by atoms with Gasteiger partial charge in [-0.1, -0.05) is 6.92 Å². The highest BCUT2D eigenvalue weighted by atomic mass is 16.5. The van der Waals surface area contributed by atoms with Crippen LogP contribution in [-0.2, 0) is 0 Å². The summed E-state index contributed by atoms with van der Waals surface area (Å²) in [5.74, 6) is 1.71. The Bertz CT molecular complexity index is 450. The molecule has 0 aromatic heterocycles. The minimum Gasteiger partial charge on any atom is -0.497 e. The van der Waals surface area contributed by atoms with Crippen molar-refractivity contribution in [3.8, 4) is 11.5 Å². The lowest BCUT2D eigenvalue weighted by atomic mass is 9.98. The molecule has 1 aromatic carbocycles. The standard InChI is InChI=1S/C16H26N2O2/c1-5-16(2)12-18(10-6-9-17-16)14-8-7-13(19-3)11-15(14)20-4/h7-8,11,17H,5-6,9-10,12H2,1-4H3. The van der Waals surface area contributed by atoms with Crippen LogP contribution in [0.25, 0.3) is 0 Å². The normalized spacial score (nSPS) is 23.3. The van der Waals surface area contributed by atoms with Crippen LogP contribution >= 0.6 is 0 Å². The highest BCUT2D eigenvalue weighted by Crippen LogP contribution is 2.34. The van der Waals surface area contributed by atoms with Gasteiger partial charge in [-0.05, 0) is 38.4 Å². The van der Waals surface area contributed by atoms with Crippen molar-refractivity contribution in [3.63, 3.8) is 0 Å². The van der Waals surface area contributed by atoms with Gasteiger partial charge in [0.05, 0.1) is 19.9 Å². The summed E-state index contributed by atoms with van der Waals surface area (Å²) in [6.45, 7) is 7.64. The Balaban J connectivity index is 2.29. The van der Waals surface area contributed by atoms with Gasteiger partial charge in [0.25, 0.3) is 0 Å². The predicted octanol–water partition coefficient (Wildman–Crippen LogP) is 2.67. The molecule has 0 aliphatic carbocycles. The minimum atomic E-state index is 0.154. The van der Waals surface area contributed by atoms with Gasteiger partial charge in [-0.2, -0.15) is 0 Å². The first-order chi connectivity index (χ1) is 9.61. The van der Waals surface area contributed by atoms with E-state index in [1.165, 1.54) is 0 Å². The Kier molecular flexibility index (Phi) is 4.76. The van der Waals surface area contributed by atoms with Gasteiger partial charge in [-0.25, -0.2) is 0 Å². The van der Waals surface area contributed by atoms with Crippen molar-refractivity contribution >= 4 is 5.69 Å². The third-order valence-corrected chi connectivity index (χ3v) is 4.20. The molecule has 112 valence electrons. The van der Waals surface area contributed by atoms with Gasteiger partial charge in [-0.3, -0.25) is 0 Å². The van der Waals surface area contributed by atoms with E-state index >= 15 is 0 Å². The molecular formula is C16H26N2O2. The molecule has 1 aliphatic rings. The van der Waals surface area contributed by atoms with Crippen LogP contribution < -0.4 is 19.7 Å². The van der Waals surface area contributed by atoms with Crippen molar-refractivity contribution in [1.82, 2.24) is 5.32 Å². The molecule has 4 nitrogen and oxygen atoms in total. The van der Waals surface area contributed by atoms with Crippen LogP contribution in [0.4, 0.5) is 5.69 Å². The number of methoxy groups -OCH3 is 2. The maximum Gasteiger partial charge on any atom is 0.145 e. The average Bonchev–Trinajstić information content (AvgIpc) is 2.69. The lowest BCUT2D eigenvalue weighted by Crippen LogP contribution is -2.48. The Hall–Kier alpha value is -1.42. The number of ether oxygens (including phenoxy) is 2. The topological polar surface area (TPSA) is 33.7 Å². The van der Waals surface area contributed by atoms with E-state index in [1.54, 1.807) is 14.2 Å².